The number of halogens is 6. The van der Waals surface area contributed by atoms with Crippen molar-refractivity contribution in [3.8, 4) is 5.75 Å². The lowest BCUT2D eigenvalue weighted by atomic mass is 10.0. The molecule has 1 heterocycles. The van der Waals surface area contributed by atoms with Gasteiger partial charge in [0.15, 0.2) is 0 Å². The third-order valence-corrected chi connectivity index (χ3v) is 11.5. The third-order valence-electron chi connectivity index (χ3n) is 10.8. The lowest BCUT2D eigenvalue weighted by Crippen LogP contribution is -2.57. The van der Waals surface area contributed by atoms with E-state index in [-0.39, 0.29) is 37.5 Å². The predicted molar refractivity (Wildman–Crippen MR) is 248 cm³/mol. The minimum atomic E-state index is -5.16. The van der Waals surface area contributed by atoms with Crippen LogP contribution in [0.4, 0.5) is 26.3 Å². The van der Waals surface area contributed by atoms with Gasteiger partial charge < -0.3 is 47.1 Å². The number of aromatic hydroxyl groups is 1. The molecule has 0 radical (unpaired) electrons. The van der Waals surface area contributed by atoms with Crippen LogP contribution in [0.25, 0.3) is 10.9 Å². The minimum Gasteiger partial charge on any atom is -0.508 e. The fourth-order valence-electron chi connectivity index (χ4n) is 7.11. The Morgan fingerprint density at radius 2 is 1.29 bits per heavy atom. The van der Waals surface area contributed by atoms with Gasteiger partial charge in [0.05, 0.1) is 23.7 Å². The van der Waals surface area contributed by atoms with Crippen LogP contribution < -0.4 is 32.3 Å². The van der Waals surface area contributed by atoms with Crippen molar-refractivity contribution >= 4 is 58.2 Å². The molecule has 0 saturated heterocycles. The second-order valence-corrected chi connectivity index (χ2v) is 17.2. The molecule has 22 heteroatoms. The van der Waals surface area contributed by atoms with E-state index in [0.717, 1.165) is 0 Å². The molecule has 0 aliphatic heterocycles. The van der Waals surface area contributed by atoms with Gasteiger partial charge in [0.25, 0.3) is 0 Å². The van der Waals surface area contributed by atoms with Gasteiger partial charge in [-0.2, -0.15) is 38.1 Å². The van der Waals surface area contributed by atoms with Gasteiger partial charge in [0, 0.05) is 29.9 Å². The molecule has 0 aliphatic carbocycles. The first-order valence-corrected chi connectivity index (χ1v) is 23.0. The number of amides is 5. The highest BCUT2D eigenvalue weighted by Gasteiger charge is 2.37. The van der Waals surface area contributed by atoms with Crippen LogP contribution in [0.1, 0.15) is 46.7 Å². The van der Waals surface area contributed by atoms with Crippen LogP contribution in [-0.4, -0.2) is 94.4 Å². The number of thioether (sulfide) groups is 1. The molecule has 5 amide bonds. The number of benzene rings is 4. The number of nitrogens with two attached hydrogens (primary N) is 1. The number of nitrogens with one attached hydrogen (secondary N) is 6. The van der Waals surface area contributed by atoms with Crippen LogP contribution in [0.5, 0.6) is 5.75 Å². The second kappa shape index (κ2) is 24.5. The zero-order valence-electron chi connectivity index (χ0n) is 37.7. The lowest BCUT2D eigenvalue weighted by molar-refractivity contribution is -0.149. The summed E-state index contributed by atoms with van der Waals surface area (Å²) in [6, 6.07) is 15.8. The van der Waals surface area contributed by atoms with Crippen molar-refractivity contribution in [2.45, 2.75) is 81.8 Å². The number of carbonyl (C=O) groups is 6. The summed E-state index contributed by atoms with van der Waals surface area (Å²) in [5, 5.41) is 22.8. The molecule has 0 unspecified atom stereocenters. The molecule has 0 fully saturated rings. The van der Waals surface area contributed by atoms with E-state index >= 15 is 0 Å². The molecule has 4 aromatic carbocycles. The van der Waals surface area contributed by atoms with Gasteiger partial charge in [0.2, 0.25) is 29.5 Å². The molecule has 0 saturated carbocycles. The summed E-state index contributed by atoms with van der Waals surface area (Å²) in [5.41, 5.74) is 4.57. The van der Waals surface area contributed by atoms with Crippen molar-refractivity contribution in [1.29, 1.82) is 0 Å². The highest BCUT2D eigenvalue weighted by molar-refractivity contribution is 7.98. The summed E-state index contributed by atoms with van der Waals surface area (Å²) in [6.45, 7) is -0.287. The minimum absolute atomic E-state index is 0.0116. The predicted octanol–water partition coefficient (Wildman–Crippen LogP) is 4.84. The van der Waals surface area contributed by atoms with Crippen LogP contribution >= 0.6 is 11.8 Å². The van der Waals surface area contributed by atoms with Crippen molar-refractivity contribution < 1.29 is 65.0 Å². The first-order valence-electron chi connectivity index (χ1n) is 21.7. The topological polar surface area (TPSA) is 234 Å². The normalized spacial score (nSPS) is 13.8. The van der Waals surface area contributed by atoms with Crippen molar-refractivity contribution in [3.63, 3.8) is 0 Å². The van der Waals surface area contributed by atoms with Crippen LogP contribution in [0.15, 0.2) is 103 Å². The maximum absolute atomic E-state index is 14.2. The molecule has 5 aromatic rings. The van der Waals surface area contributed by atoms with E-state index < -0.39 is 108 Å². The van der Waals surface area contributed by atoms with Crippen LogP contribution in [0, 0.1) is 0 Å². The maximum Gasteiger partial charge on any atom is 0.416 e. The number of hydrogen-bond donors (Lipinski definition) is 8. The zero-order valence-corrected chi connectivity index (χ0v) is 38.5. The SMILES string of the molecule is CSCC[C@H](NC(=O)[C@H](Cc1ccccc1)NC(=O)CNC(=O)[C@@H](C)NC(=O)[C@@H](N)Cc1ccc(O)cc1)C(=O)N[C@@H](Cc1c[nH]c2ccccc12)C(=O)OCc1cc(C(F)(F)F)cc(C(F)(F)F)c1. The summed E-state index contributed by atoms with van der Waals surface area (Å²) >= 11 is 1.32. The van der Waals surface area contributed by atoms with Gasteiger partial charge >= 0.3 is 18.3 Å². The molecule has 9 N–H and O–H groups in total. The standard InChI is InChI=1S/C48H51F6N7O8S/c1-27(58-43(65)36(55)20-29-12-14-34(62)15-13-29)42(64)57-25-41(63)59-39(21-28-8-4-3-5-9-28)45(67)60-38(16-17-70-2)44(66)61-40(22-31-24-56-37-11-7-6-10-35(31)37)46(68)69-26-30-18-32(47(49,50)51)23-33(19-30)48(52,53)54/h3-15,18-19,23-24,27,36,38-40,56,62H,16-17,20-22,25-26,55H2,1-2H3,(H,57,64)(H,58,65)(H,59,63)(H,60,67)(H,61,66)/t27-,36+,38+,39+,40+/m1/s1. The van der Waals surface area contributed by atoms with Gasteiger partial charge in [0.1, 0.15) is 36.5 Å². The lowest BCUT2D eigenvalue weighted by Gasteiger charge is -2.25. The number of fused-ring (bicyclic) bond motifs is 1. The number of H-pyrrole nitrogens is 1. The maximum atomic E-state index is 14.2. The Labute approximate surface area is 402 Å². The molecule has 5 atom stereocenters. The molecule has 374 valence electrons. The second-order valence-electron chi connectivity index (χ2n) is 16.2. The molecular weight excluding hydrogens is 949 g/mol. The number of alkyl halides is 6. The van der Waals surface area contributed by atoms with Crippen LogP contribution in [0.3, 0.4) is 0 Å². The fraction of sp³-hybridized carbons (Fsp3) is 0.333. The molecule has 70 heavy (non-hydrogen) atoms. The smallest absolute Gasteiger partial charge is 0.416 e. The Balaban J connectivity index is 1.30. The number of ether oxygens (including phenoxy) is 1. The van der Waals surface area contributed by atoms with E-state index in [9.17, 15) is 60.2 Å². The number of aromatic amines is 1. The number of hydrogen-bond acceptors (Lipinski definition) is 10. The number of carbonyl (C=O) groups excluding carboxylic acids is 6. The van der Waals surface area contributed by atoms with Crippen LogP contribution in [-0.2, 0) is 71.7 Å². The zero-order chi connectivity index (χ0) is 51.2. The molecule has 5 rings (SSSR count). The van der Waals surface area contributed by atoms with Crippen molar-refractivity contribution in [3.05, 3.63) is 137 Å². The third kappa shape index (κ3) is 16.0. The van der Waals surface area contributed by atoms with Gasteiger partial charge in [-0.1, -0.05) is 60.7 Å². The highest BCUT2D eigenvalue weighted by Crippen LogP contribution is 2.36. The van der Waals surface area contributed by atoms with E-state index in [4.69, 9.17) is 10.5 Å². The van der Waals surface area contributed by atoms with Gasteiger partial charge in [-0.05, 0) is 90.4 Å². The number of esters is 1. The van der Waals surface area contributed by atoms with E-state index in [1.165, 1.54) is 30.8 Å². The fourth-order valence-corrected chi connectivity index (χ4v) is 7.58. The number of phenolic OH excluding ortho intramolecular Hbond substituents is 1. The summed E-state index contributed by atoms with van der Waals surface area (Å²) < 4.78 is 87.0. The average molecular weight is 1000 g/mol. The molecule has 0 spiro atoms. The number of phenols is 1. The Kier molecular flexibility index (Phi) is 18.8. The van der Waals surface area contributed by atoms with Crippen molar-refractivity contribution in [1.82, 2.24) is 31.6 Å². The highest BCUT2D eigenvalue weighted by atomic mass is 32.2. The average Bonchev–Trinajstić information content (AvgIpc) is 3.73. The van der Waals surface area contributed by atoms with E-state index in [1.807, 2.05) is 0 Å². The van der Waals surface area contributed by atoms with E-state index in [1.54, 1.807) is 79.2 Å². The Morgan fingerprint density at radius 3 is 1.93 bits per heavy atom. The molecule has 0 aliphatic rings. The summed E-state index contributed by atoms with van der Waals surface area (Å²) in [6.07, 6.45) is -7.29. The van der Waals surface area contributed by atoms with E-state index in [0.29, 0.717) is 45.5 Å². The number of rotatable bonds is 22. The van der Waals surface area contributed by atoms with Gasteiger partial charge in [-0.3, -0.25) is 24.0 Å². The van der Waals surface area contributed by atoms with E-state index in [2.05, 4.69) is 31.6 Å². The largest absolute Gasteiger partial charge is 0.508 e. The van der Waals surface area contributed by atoms with Crippen molar-refractivity contribution in [2.24, 2.45) is 5.73 Å². The Bertz CT molecular complexity index is 2580. The Hall–Kier alpha value is -7.07. The van der Waals surface area contributed by atoms with Gasteiger partial charge in [-0.15, -0.1) is 0 Å². The number of para-hydroxylation sites is 1. The van der Waals surface area contributed by atoms with Gasteiger partial charge in [-0.25, -0.2) is 4.79 Å². The number of aromatic nitrogens is 1. The Morgan fingerprint density at radius 1 is 0.686 bits per heavy atom. The molecule has 1 aromatic heterocycles. The van der Waals surface area contributed by atoms with Crippen LogP contribution in [0.2, 0.25) is 0 Å². The monoisotopic (exact) mass is 999 g/mol. The first-order chi connectivity index (χ1) is 33.1. The summed E-state index contributed by atoms with van der Waals surface area (Å²) in [5.74, 6) is -4.84. The summed E-state index contributed by atoms with van der Waals surface area (Å²) in [7, 11) is 0. The summed E-state index contributed by atoms with van der Waals surface area (Å²) in [4.78, 5) is 84.0. The molecular formula is C48H51F6N7O8S. The van der Waals surface area contributed by atoms with Crippen molar-refractivity contribution in [2.75, 3.05) is 18.6 Å². The quantitative estimate of drug-likeness (QED) is 0.0347. The first kappa shape index (κ1) is 53.9. The molecule has 15 nitrogen and oxygen atoms in total. The molecule has 0 bridgehead atoms.